The Kier molecular flexibility index (Phi) is 4.61. The summed E-state index contributed by atoms with van der Waals surface area (Å²) in [7, 11) is 0. The third-order valence-corrected chi connectivity index (χ3v) is 2.73. The highest BCUT2D eigenvalue weighted by Gasteiger charge is 2.30. The predicted molar refractivity (Wildman–Crippen MR) is 64.1 cm³/mol. The van der Waals surface area contributed by atoms with E-state index >= 15 is 0 Å². The van der Waals surface area contributed by atoms with Gasteiger partial charge in [-0.05, 0) is 29.4 Å². The molecule has 0 saturated carbocycles. The van der Waals surface area contributed by atoms with Crippen molar-refractivity contribution in [2.75, 3.05) is 0 Å². The van der Waals surface area contributed by atoms with E-state index in [0.29, 0.717) is 5.92 Å². The lowest BCUT2D eigenvalue weighted by Gasteiger charge is -2.15. The Morgan fingerprint density at radius 2 is 1.53 bits per heavy atom. The van der Waals surface area contributed by atoms with Crippen LogP contribution in [0.1, 0.15) is 44.2 Å². The van der Waals surface area contributed by atoms with Gasteiger partial charge in [-0.1, -0.05) is 45.0 Å². The highest BCUT2D eigenvalue weighted by Crippen LogP contribution is 2.30. The van der Waals surface area contributed by atoms with E-state index < -0.39 is 18.5 Å². The van der Waals surface area contributed by atoms with Crippen molar-refractivity contribution in [3.8, 4) is 0 Å². The standard InChI is InChI=1S/C14H19F3/c1-10(2)8-12-4-6-13(7-5-12)11(3)9-14(15,16)17/h4-7,10-11H,8-9H2,1-3H3. The lowest BCUT2D eigenvalue weighted by atomic mass is 9.95. The maximum atomic E-state index is 12.2. The summed E-state index contributed by atoms with van der Waals surface area (Å²) >= 11 is 0. The average Bonchev–Trinajstić information content (AvgIpc) is 2.15. The maximum Gasteiger partial charge on any atom is 0.389 e. The van der Waals surface area contributed by atoms with Gasteiger partial charge in [-0.25, -0.2) is 0 Å². The summed E-state index contributed by atoms with van der Waals surface area (Å²) in [6, 6.07) is 7.49. The topological polar surface area (TPSA) is 0 Å². The van der Waals surface area contributed by atoms with Gasteiger partial charge in [0.05, 0.1) is 6.42 Å². The molecule has 96 valence electrons. The Bertz CT molecular complexity index is 335. The first-order valence-electron chi connectivity index (χ1n) is 5.93. The SMILES string of the molecule is CC(C)Cc1ccc(C(C)CC(F)(F)F)cc1. The molecule has 0 N–H and O–H groups in total. The Balaban J connectivity index is 2.67. The van der Waals surface area contributed by atoms with Crippen molar-refractivity contribution in [3.05, 3.63) is 35.4 Å². The average molecular weight is 244 g/mol. The minimum Gasteiger partial charge on any atom is -0.171 e. The summed E-state index contributed by atoms with van der Waals surface area (Å²) in [5.74, 6) is 0.0940. The molecule has 0 amide bonds. The summed E-state index contributed by atoms with van der Waals surface area (Å²) in [5.41, 5.74) is 1.94. The number of hydrogen-bond donors (Lipinski definition) is 0. The zero-order chi connectivity index (χ0) is 13.1. The quantitative estimate of drug-likeness (QED) is 0.703. The van der Waals surface area contributed by atoms with Gasteiger partial charge in [-0.2, -0.15) is 13.2 Å². The Morgan fingerprint density at radius 3 is 1.94 bits per heavy atom. The highest BCUT2D eigenvalue weighted by atomic mass is 19.4. The Hall–Kier alpha value is -0.990. The molecule has 1 atom stereocenters. The fraction of sp³-hybridized carbons (Fsp3) is 0.571. The van der Waals surface area contributed by atoms with Crippen molar-refractivity contribution < 1.29 is 13.2 Å². The van der Waals surface area contributed by atoms with E-state index in [1.165, 1.54) is 5.56 Å². The van der Waals surface area contributed by atoms with Crippen LogP contribution in [0.4, 0.5) is 13.2 Å². The predicted octanol–water partition coefficient (Wildman–Crippen LogP) is 4.94. The van der Waals surface area contributed by atoms with E-state index in [4.69, 9.17) is 0 Å². The Labute approximate surface area is 101 Å². The summed E-state index contributed by atoms with van der Waals surface area (Å²) in [6.07, 6.45) is -3.87. The lowest BCUT2D eigenvalue weighted by Crippen LogP contribution is -2.11. The minimum absolute atomic E-state index is 0.469. The van der Waals surface area contributed by atoms with Gasteiger partial charge in [0.1, 0.15) is 0 Å². The molecule has 0 saturated heterocycles. The largest absolute Gasteiger partial charge is 0.389 e. The van der Waals surface area contributed by atoms with E-state index in [1.807, 2.05) is 24.3 Å². The molecule has 1 aromatic carbocycles. The van der Waals surface area contributed by atoms with Gasteiger partial charge in [0.2, 0.25) is 0 Å². The fourth-order valence-corrected chi connectivity index (χ4v) is 1.92. The van der Waals surface area contributed by atoms with Crippen molar-refractivity contribution in [1.82, 2.24) is 0 Å². The molecule has 1 rings (SSSR count). The molecular weight excluding hydrogens is 225 g/mol. The van der Waals surface area contributed by atoms with Crippen LogP contribution >= 0.6 is 0 Å². The molecule has 0 nitrogen and oxygen atoms in total. The Morgan fingerprint density at radius 1 is 1.00 bits per heavy atom. The first-order valence-corrected chi connectivity index (χ1v) is 5.93. The van der Waals surface area contributed by atoms with Crippen molar-refractivity contribution in [1.29, 1.82) is 0 Å². The summed E-state index contributed by atoms with van der Waals surface area (Å²) in [6.45, 7) is 5.87. The van der Waals surface area contributed by atoms with E-state index in [0.717, 1.165) is 12.0 Å². The monoisotopic (exact) mass is 244 g/mol. The summed E-state index contributed by atoms with van der Waals surface area (Å²) in [5, 5.41) is 0. The molecule has 3 heteroatoms. The molecule has 0 aliphatic carbocycles. The fourth-order valence-electron chi connectivity index (χ4n) is 1.92. The molecule has 0 bridgehead atoms. The van der Waals surface area contributed by atoms with Crippen LogP contribution in [-0.2, 0) is 6.42 Å². The van der Waals surface area contributed by atoms with Crippen molar-refractivity contribution in [2.24, 2.45) is 5.92 Å². The summed E-state index contributed by atoms with van der Waals surface area (Å²) in [4.78, 5) is 0. The van der Waals surface area contributed by atoms with Crippen LogP contribution in [0.2, 0.25) is 0 Å². The molecular formula is C14H19F3. The molecule has 0 aliphatic heterocycles. The summed E-state index contributed by atoms with van der Waals surface area (Å²) < 4.78 is 36.7. The zero-order valence-corrected chi connectivity index (χ0v) is 10.5. The normalized spacial score (nSPS) is 14.1. The van der Waals surface area contributed by atoms with Gasteiger partial charge in [-0.15, -0.1) is 0 Å². The van der Waals surface area contributed by atoms with Crippen LogP contribution < -0.4 is 0 Å². The third kappa shape index (κ3) is 5.24. The zero-order valence-electron chi connectivity index (χ0n) is 10.5. The maximum absolute atomic E-state index is 12.2. The van der Waals surface area contributed by atoms with Crippen LogP contribution in [0, 0.1) is 5.92 Å². The van der Waals surface area contributed by atoms with Crippen molar-refractivity contribution in [2.45, 2.75) is 45.7 Å². The lowest BCUT2D eigenvalue weighted by molar-refractivity contribution is -0.137. The molecule has 0 spiro atoms. The molecule has 1 unspecified atom stereocenters. The highest BCUT2D eigenvalue weighted by molar-refractivity contribution is 5.25. The first-order chi connectivity index (χ1) is 7.78. The van der Waals surface area contributed by atoms with Gasteiger partial charge in [-0.3, -0.25) is 0 Å². The van der Waals surface area contributed by atoms with E-state index in [-0.39, 0.29) is 0 Å². The van der Waals surface area contributed by atoms with E-state index in [2.05, 4.69) is 13.8 Å². The molecule has 1 aromatic rings. The number of rotatable bonds is 4. The number of halogens is 3. The number of alkyl halides is 3. The second-order valence-electron chi connectivity index (χ2n) is 5.06. The number of benzene rings is 1. The van der Waals surface area contributed by atoms with Gasteiger partial charge in [0.15, 0.2) is 0 Å². The molecule has 0 aromatic heterocycles. The minimum atomic E-state index is -4.09. The van der Waals surface area contributed by atoms with Crippen LogP contribution in [0.3, 0.4) is 0 Å². The molecule has 17 heavy (non-hydrogen) atoms. The van der Waals surface area contributed by atoms with Gasteiger partial charge in [0.25, 0.3) is 0 Å². The van der Waals surface area contributed by atoms with Crippen LogP contribution in [0.15, 0.2) is 24.3 Å². The second kappa shape index (κ2) is 5.56. The van der Waals surface area contributed by atoms with Crippen LogP contribution in [0.25, 0.3) is 0 Å². The van der Waals surface area contributed by atoms with Gasteiger partial charge in [0, 0.05) is 0 Å². The van der Waals surface area contributed by atoms with Crippen molar-refractivity contribution in [3.63, 3.8) is 0 Å². The van der Waals surface area contributed by atoms with E-state index in [1.54, 1.807) is 6.92 Å². The van der Waals surface area contributed by atoms with Crippen LogP contribution in [-0.4, -0.2) is 6.18 Å². The van der Waals surface area contributed by atoms with Crippen molar-refractivity contribution >= 4 is 0 Å². The molecule has 0 heterocycles. The third-order valence-electron chi connectivity index (χ3n) is 2.73. The molecule has 0 radical (unpaired) electrons. The molecule has 0 fully saturated rings. The van der Waals surface area contributed by atoms with Crippen LogP contribution in [0.5, 0.6) is 0 Å². The van der Waals surface area contributed by atoms with E-state index in [9.17, 15) is 13.2 Å². The van der Waals surface area contributed by atoms with Gasteiger partial charge < -0.3 is 0 Å². The van der Waals surface area contributed by atoms with Gasteiger partial charge >= 0.3 is 6.18 Å². The number of hydrogen-bond acceptors (Lipinski definition) is 0. The first kappa shape index (κ1) is 14.1. The molecule has 0 aliphatic rings. The second-order valence-corrected chi connectivity index (χ2v) is 5.06. The smallest absolute Gasteiger partial charge is 0.171 e.